The van der Waals surface area contributed by atoms with Gasteiger partial charge in [-0.25, -0.2) is 0 Å². The lowest BCUT2D eigenvalue weighted by molar-refractivity contribution is 0.669. The van der Waals surface area contributed by atoms with Crippen LogP contribution in [0.3, 0.4) is 0 Å². The standard InChI is InChI=1S/C60H34O/c1-2-8-42-32-53(47-26-20-40-18-16-36-10-6-12-38-22-29-50(47)60(40)58(36)38)52(31-41(42)7-1)43-23-27-46(51(33-43)44-24-30-56-54(34-44)48-13-3-4-14-55(48)61-56)45-25-19-39-17-15-35-9-5-11-37-21-28-49(45)59(39)57(35)37/h1-34H. The Morgan fingerprint density at radius 2 is 0.656 bits per heavy atom. The van der Waals surface area contributed by atoms with E-state index in [2.05, 4.69) is 200 Å². The van der Waals surface area contributed by atoms with Crippen LogP contribution in [-0.4, -0.2) is 0 Å². The van der Waals surface area contributed by atoms with E-state index >= 15 is 0 Å². The predicted octanol–water partition coefficient (Wildman–Crippen LogP) is 17.2. The van der Waals surface area contributed by atoms with Crippen molar-refractivity contribution in [3.63, 3.8) is 0 Å². The van der Waals surface area contributed by atoms with Crippen molar-refractivity contribution in [1.82, 2.24) is 0 Å². The summed E-state index contributed by atoms with van der Waals surface area (Å²) in [6, 6.07) is 76.8. The molecule has 0 spiro atoms. The van der Waals surface area contributed by atoms with Crippen LogP contribution in [-0.2, 0) is 0 Å². The van der Waals surface area contributed by atoms with Crippen LogP contribution in [0.5, 0.6) is 0 Å². The van der Waals surface area contributed by atoms with Gasteiger partial charge in [-0.3, -0.25) is 0 Å². The minimum atomic E-state index is 0.899. The zero-order valence-corrected chi connectivity index (χ0v) is 33.0. The molecule has 0 N–H and O–H groups in total. The smallest absolute Gasteiger partial charge is 0.135 e. The maximum atomic E-state index is 6.36. The summed E-state index contributed by atoms with van der Waals surface area (Å²) in [6.07, 6.45) is 0. The van der Waals surface area contributed by atoms with Crippen LogP contribution in [0.1, 0.15) is 0 Å². The molecule has 14 aromatic rings. The van der Waals surface area contributed by atoms with Crippen LogP contribution in [0, 0.1) is 0 Å². The summed E-state index contributed by atoms with van der Waals surface area (Å²) in [6.45, 7) is 0. The molecule has 0 saturated heterocycles. The molecule has 1 heterocycles. The maximum absolute atomic E-state index is 6.36. The molecule has 61 heavy (non-hydrogen) atoms. The molecule has 0 amide bonds. The van der Waals surface area contributed by atoms with Crippen LogP contribution >= 0.6 is 0 Å². The first-order valence-corrected chi connectivity index (χ1v) is 21.1. The monoisotopic (exact) mass is 770 g/mol. The molecule has 1 aromatic heterocycles. The van der Waals surface area contributed by atoms with Gasteiger partial charge in [0.2, 0.25) is 0 Å². The van der Waals surface area contributed by atoms with E-state index in [-0.39, 0.29) is 0 Å². The average Bonchev–Trinajstić information content (AvgIpc) is 3.70. The summed E-state index contributed by atoms with van der Waals surface area (Å²) >= 11 is 0. The highest BCUT2D eigenvalue weighted by atomic mass is 16.3. The van der Waals surface area contributed by atoms with E-state index in [1.165, 1.54) is 114 Å². The minimum absolute atomic E-state index is 0.899. The van der Waals surface area contributed by atoms with Crippen molar-refractivity contribution >= 4 is 97.3 Å². The molecule has 280 valence electrons. The Hall–Kier alpha value is -8.00. The molecule has 0 aliphatic carbocycles. The van der Waals surface area contributed by atoms with Crippen molar-refractivity contribution in [2.45, 2.75) is 0 Å². The van der Waals surface area contributed by atoms with E-state index in [0.29, 0.717) is 0 Å². The van der Waals surface area contributed by atoms with E-state index in [9.17, 15) is 0 Å². The van der Waals surface area contributed by atoms with E-state index in [0.717, 1.165) is 27.5 Å². The van der Waals surface area contributed by atoms with Gasteiger partial charge in [-0.2, -0.15) is 0 Å². The van der Waals surface area contributed by atoms with Gasteiger partial charge in [0.05, 0.1) is 0 Å². The first-order valence-electron chi connectivity index (χ1n) is 21.1. The SMILES string of the molecule is c1ccc2cc(-c3ccc4ccc5cccc6ccc3c4c56)c(-c3ccc(-c4ccc5ccc6cccc7ccc4c5c67)c(-c4ccc5oc6ccccc6c5c4)c3)cc2c1. The highest BCUT2D eigenvalue weighted by molar-refractivity contribution is 6.27. The van der Waals surface area contributed by atoms with Gasteiger partial charge >= 0.3 is 0 Å². The maximum Gasteiger partial charge on any atom is 0.135 e. The largest absolute Gasteiger partial charge is 0.456 e. The van der Waals surface area contributed by atoms with Gasteiger partial charge in [0.25, 0.3) is 0 Å². The quantitative estimate of drug-likeness (QED) is 0.162. The Morgan fingerprint density at radius 1 is 0.213 bits per heavy atom. The third kappa shape index (κ3) is 4.72. The second-order valence-corrected chi connectivity index (χ2v) is 16.8. The Kier molecular flexibility index (Phi) is 6.62. The van der Waals surface area contributed by atoms with Crippen molar-refractivity contribution in [3.05, 3.63) is 206 Å². The number of benzene rings is 13. The number of hydrogen-bond acceptors (Lipinski definition) is 1. The molecule has 1 nitrogen and oxygen atoms in total. The van der Waals surface area contributed by atoms with Crippen molar-refractivity contribution in [2.75, 3.05) is 0 Å². The topological polar surface area (TPSA) is 13.1 Å². The predicted molar refractivity (Wildman–Crippen MR) is 260 cm³/mol. The molecule has 0 aliphatic heterocycles. The fraction of sp³-hybridized carbons (Fsp3) is 0. The lowest BCUT2D eigenvalue weighted by Gasteiger charge is -2.20. The Bertz CT molecular complexity index is 4080. The molecular formula is C60H34O. The molecule has 13 aromatic carbocycles. The molecule has 0 aliphatic rings. The molecule has 0 saturated carbocycles. The van der Waals surface area contributed by atoms with Gasteiger partial charge in [0.1, 0.15) is 11.2 Å². The van der Waals surface area contributed by atoms with Crippen molar-refractivity contribution in [2.24, 2.45) is 0 Å². The third-order valence-electron chi connectivity index (χ3n) is 13.5. The second kappa shape index (κ2) is 12.3. The molecule has 0 bridgehead atoms. The van der Waals surface area contributed by atoms with Crippen LogP contribution in [0.15, 0.2) is 211 Å². The third-order valence-corrected chi connectivity index (χ3v) is 13.5. The summed E-state index contributed by atoms with van der Waals surface area (Å²) in [5.41, 5.74) is 11.5. The summed E-state index contributed by atoms with van der Waals surface area (Å²) in [7, 11) is 0. The van der Waals surface area contributed by atoms with E-state index in [1.807, 2.05) is 6.07 Å². The number of para-hydroxylation sites is 1. The summed E-state index contributed by atoms with van der Waals surface area (Å²) in [4.78, 5) is 0. The lowest BCUT2D eigenvalue weighted by Crippen LogP contribution is -1.93. The van der Waals surface area contributed by atoms with E-state index in [4.69, 9.17) is 4.42 Å². The molecule has 0 radical (unpaired) electrons. The molecule has 1 heteroatoms. The van der Waals surface area contributed by atoms with Gasteiger partial charge in [0.15, 0.2) is 0 Å². The molecule has 0 atom stereocenters. The van der Waals surface area contributed by atoms with Crippen LogP contribution in [0.2, 0.25) is 0 Å². The summed E-state index contributed by atoms with van der Waals surface area (Å²) in [5.74, 6) is 0. The van der Waals surface area contributed by atoms with E-state index in [1.54, 1.807) is 0 Å². The zero-order valence-electron chi connectivity index (χ0n) is 33.0. The number of furan rings is 1. The fourth-order valence-electron chi connectivity index (χ4n) is 10.7. The number of fused-ring (bicyclic) bond motifs is 4. The highest BCUT2D eigenvalue weighted by Gasteiger charge is 2.20. The number of hydrogen-bond donors (Lipinski definition) is 0. The summed E-state index contributed by atoms with van der Waals surface area (Å²) < 4.78 is 6.36. The lowest BCUT2D eigenvalue weighted by atomic mass is 9.83. The van der Waals surface area contributed by atoms with Gasteiger partial charge in [-0.1, -0.05) is 170 Å². The summed E-state index contributed by atoms with van der Waals surface area (Å²) in [5, 5.41) is 20.2. The Balaban J connectivity index is 1.06. The Labute approximate surface area is 351 Å². The van der Waals surface area contributed by atoms with Gasteiger partial charge in [0, 0.05) is 10.8 Å². The van der Waals surface area contributed by atoms with E-state index < -0.39 is 0 Å². The van der Waals surface area contributed by atoms with Crippen LogP contribution < -0.4 is 0 Å². The number of rotatable bonds is 4. The minimum Gasteiger partial charge on any atom is -0.456 e. The van der Waals surface area contributed by atoms with Crippen molar-refractivity contribution in [1.29, 1.82) is 0 Å². The van der Waals surface area contributed by atoms with Gasteiger partial charge in [-0.15, -0.1) is 0 Å². The second-order valence-electron chi connectivity index (χ2n) is 16.8. The molecule has 0 unspecified atom stereocenters. The molecule has 14 rings (SSSR count). The molecular weight excluding hydrogens is 737 g/mol. The van der Waals surface area contributed by atoms with Gasteiger partial charge in [-0.05, 0) is 156 Å². The van der Waals surface area contributed by atoms with Gasteiger partial charge < -0.3 is 4.42 Å². The first kappa shape index (κ1) is 32.9. The van der Waals surface area contributed by atoms with Crippen molar-refractivity contribution < 1.29 is 4.42 Å². The molecule has 0 fully saturated rings. The van der Waals surface area contributed by atoms with Crippen LogP contribution in [0.4, 0.5) is 0 Å². The highest BCUT2D eigenvalue weighted by Crippen LogP contribution is 2.47. The Morgan fingerprint density at radius 3 is 1.31 bits per heavy atom. The van der Waals surface area contributed by atoms with Crippen molar-refractivity contribution in [3.8, 4) is 44.5 Å². The fourth-order valence-corrected chi connectivity index (χ4v) is 10.7. The first-order chi connectivity index (χ1) is 30.2. The van der Waals surface area contributed by atoms with Crippen LogP contribution in [0.25, 0.3) is 142 Å². The normalized spacial score (nSPS) is 12.3. The average molecular weight is 771 g/mol. The zero-order chi connectivity index (χ0) is 39.8.